The number of halogens is 1. The van der Waals surface area contributed by atoms with Gasteiger partial charge in [0.2, 0.25) is 0 Å². The fourth-order valence-corrected chi connectivity index (χ4v) is 5.55. The van der Waals surface area contributed by atoms with Crippen LogP contribution in [-0.4, -0.2) is 35.2 Å². The van der Waals surface area contributed by atoms with Gasteiger partial charge in [-0.1, -0.05) is 59.6 Å². The summed E-state index contributed by atoms with van der Waals surface area (Å²) in [5, 5.41) is 9.97. The van der Waals surface area contributed by atoms with Crippen molar-refractivity contribution in [2.24, 2.45) is 0 Å². The normalized spacial score (nSPS) is 16.6. The lowest BCUT2D eigenvalue weighted by molar-refractivity contribution is 0.0696. The lowest BCUT2D eigenvalue weighted by Gasteiger charge is -2.23. The Morgan fingerprint density at radius 3 is 2.45 bits per heavy atom. The molecule has 4 aromatic carbocycles. The number of ether oxygens (including phenoxy) is 2. The largest absolute Gasteiger partial charge is 0.496 e. The Morgan fingerprint density at radius 2 is 1.75 bits per heavy atom. The number of carboxylic acids is 1. The molecule has 1 aliphatic heterocycles. The average molecular weight is 556 g/mol. The van der Waals surface area contributed by atoms with Crippen LogP contribution in [0.15, 0.2) is 78.9 Å². The van der Waals surface area contributed by atoms with E-state index in [-0.39, 0.29) is 17.7 Å². The monoisotopic (exact) mass is 555 g/mol. The van der Waals surface area contributed by atoms with E-state index in [0.717, 1.165) is 44.5 Å². The van der Waals surface area contributed by atoms with Crippen molar-refractivity contribution in [2.75, 3.05) is 7.11 Å². The zero-order chi connectivity index (χ0) is 28.6. The molecule has 6 nitrogen and oxygen atoms in total. The Kier molecular flexibility index (Phi) is 7.55. The molecule has 0 saturated carbocycles. The summed E-state index contributed by atoms with van der Waals surface area (Å²) in [4.78, 5) is 26.2. The number of benzene rings is 4. The fraction of sp³-hybridized carbons (Fsp3) is 0.212. The molecule has 1 fully saturated rings. The second-order valence-electron chi connectivity index (χ2n) is 10.1. The molecule has 0 radical (unpaired) electrons. The van der Waals surface area contributed by atoms with E-state index >= 15 is 0 Å². The summed E-state index contributed by atoms with van der Waals surface area (Å²) in [5.41, 5.74) is 7.69. The highest BCUT2D eigenvalue weighted by molar-refractivity contribution is 6.30. The van der Waals surface area contributed by atoms with E-state index in [9.17, 15) is 14.7 Å². The predicted molar refractivity (Wildman–Crippen MR) is 156 cm³/mol. The molecule has 0 aromatic heterocycles. The topological polar surface area (TPSA) is 76.1 Å². The molecule has 1 amide bonds. The van der Waals surface area contributed by atoms with Gasteiger partial charge in [-0.3, -0.25) is 4.90 Å². The van der Waals surface area contributed by atoms with Crippen molar-refractivity contribution in [1.82, 2.24) is 4.90 Å². The number of hydrogen-bond acceptors (Lipinski definition) is 4. The van der Waals surface area contributed by atoms with E-state index in [4.69, 9.17) is 21.1 Å². The van der Waals surface area contributed by atoms with Crippen LogP contribution < -0.4 is 4.74 Å². The minimum atomic E-state index is -0.957. The summed E-state index contributed by atoms with van der Waals surface area (Å²) >= 11 is 6.20. The summed E-state index contributed by atoms with van der Waals surface area (Å²) in [5.74, 6) is -0.260. The van der Waals surface area contributed by atoms with E-state index in [0.29, 0.717) is 17.3 Å². The number of aryl methyl sites for hydroxylation is 2. The number of carbonyl (C=O) groups excluding carboxylic acids is 1. The standard InChI is InChI=1S/C33H30ClNO5/c1-19-8-11-28(25(14-19)18-35-21(3)31(40-33(35)38)23-6-5-7-26(34)16-23)29-17-22(10-13-30(29)39-4)27-12-9-24(32(36)37)15-20(27)2/h5-17,21,31H,18H2,1-4H3,(H,36,37)/t21-,31-/m0/s1. The van der Waals surface area contributed by atoms with Crippen LogP contribution in [0.4, 0.5) is 4.79 Å². The molecule has 2 atom stereocenters. The van der Waals surface area contributed by atoms with Crippen molar-refractivity contribution in [1.29, 1.82) is 0 Å². The number of rotatable bonds is 7. The van der Waals surface area contributed by atoms with Gasteiger partial charge in [-0.25, -0.2) is 9.59 Å². The SMILES string of the molecule is COc1ccc(-c2ccc(C(=O)O)cc2C)cc1-c1ccc(C)cc1CN1C(=O)O[C@H](c2cccc(Cl)c2)[C@@H]1C. The van der Waals surface area contributed by atoms with Gasteiger partial charge in [-0.15, -0.1) is 0 Å². The number of carbonyl (C=O) groups is 2. The van der Waals surface area contributed by atoms with E-state index in [2.05, 4.69) is 12.1 Å². The Morgan fingerprint density at radius 1 is 0.975 bits per heavy atom. The van der Waals surface area contributed by atoms with Crippen LogP contribution in [0, 0.1) is 13.8 Å². The van der Waals surface area contributed by atoms with Crippen LogP contribution in [0.1, 0.15) is 45.6 Å². The maximum Gasteiger partial charge on any atom is 0.411 e. The lowest BCUT2D eigenvalue weighted by Crippen LogP contribution is -2.31. The highest BCUT2D eigenvalue weighted by atomic mass is 35.5. The first-order chi connectivity index (χ1) is 19.2. The molecule has 1 heterocycles. The summed E-state index contributed by atoms with van der Waals surface area (Å²) < 4.78 is 11.6. The van der Waals surface area contributed by atoms with E-state index in [1.54, 1.807) is 30.2 Å². The van der Waals surface area contributed by atoms with Gasteiger partial charge < -0.3 is 14.6 Å². The molecule has 4 aromatic rings. The maximum atomic E-state index is 13.1. The van der Waals surface area contributed by atoms with Crippen molar-refractivity contribution in [3.8, 4) is 28.0 Å². The molecule has 1 saturated heterocycles. The molecular formula is C33H30ClNO5. The maximum absolute atomic E-state index is 13.1. The smallest absolute Gasteiger partial charge is 0.411 e. The zero-order valence-corrected chi connectivity index (χ0v) is 23.5. The van der Waals surface area contributed by atoms with Crippen LogP contribution in [0.25, 0.3) is 22.3 Å². The molecule has 7 heteroatoms. The minimum Gasteiger partial charge on any atom is -0.496 e. The number of aromatic carboxylic acids is 1. The highest BCUT2D eigenvalue weighted by Gasteiger charge is 2.40. The van der Waals surface area contributed by atoms with Gasteiger partial charge in [0, 0.05) is 10.6 Å². The molecule has 1 aliphatic rings. The predicted octanol–water partition coefficient (Wildman–Crippen LogP) is 8.08. The minimum absolute atomic E-state index is 0.206. The Labute approximate surface area is 238 Å². The summed E-state index contributed by atoms with van der Waals surface area (Å²) in [6.45, 7) is 6.26. The van der Waals surface area contributed by atoms with Crippen LogP contribution in [0.2, 0.25) is 5.02 Å². The average Bonchev–Trinajstić information content (AvgIpc) is 3.21. The summed E-state index contributed by atoms with van der Waals surface area (Å²) in [6.07, 6.45) is -0.797. The number of methoxy groups -OCH3 is 1. The Hall–Kier alpha value is -4.29. The molecule has 0 aliphatic carbocycles. The van der Waals surface area contributed by atoms with Gasteiger partial charge in [-0.2, -0.15) is 0 Å². The van der Waals surface area contributed by atoms with Crippen molar-refractivity contribution in [3.63, 3.8) is 0 Å². The van der Waals surface area contributed by atoms with Gasteiger partial charge >= 0.3 is 12.1 Å². The van der Waals surface area contributed by atoms with Crippen molar-refractivity contribution in [3.05, 3.63) is 112 Å². The molecule has 0 unspecified atom stereocenters. The lowest BCUT2D eigenvalue weighted by atomic mass is 9.92. The van der Waals surface area contributed by atoms with Gasteiger partial charge in [0.05, 0.1) is 25.3 Å². The number of cyclic esters (lactones) is 1. The molecule has 1 N–H and O–H groups in total. The summed E-state index contributed by atoms with van der Waals surface area (Å²) in [6, 6.07) is 24.4. The first-order valence-corrected chi connectivity index (χ1v) is 13.4. The van der Waals surface area contributed by atoms with Crippen LogP contribution in [0.5, 0.6) is 5.75 Å². The van der Waals surface area contributed by atoms with Gasteiger partial charge in [0.25, 0.3) is 0 Å². The second kappa shape index (κ2) is 11.1. The number of amides is 1. The molecule has 204 valence electrons. The Balaban J connectivity index is 1.53. The first kappa shape index (κ1) is 27.3. The number of carboxylic acid groups (broad SMARTS) is 1. The van der Waals surface area contributed by atoms with Crippen molar-refractivity contribution >= 4 is 23.7 Å². The molecular weight excluding hydrogens is 526 g/mol. The van der Waals surface area contributed by atoms with Crippen LogP contribution >= 0.6 is 11.6 Å². The van der Waals surface area contributed by atoms with E-state index in [1.807, 2.05) is 69.3 Å². The zero-order valence-electron chi connectivity index (χ0n) is 22.8. The van der Waals surface area contributed by atoms with Crippen LogP contribution in [-0.2, 0) is 11.3 Å². The van der Waals surface area contributed by atoms with Crippen molar-refractivity contribution < 1.29 is 24.2 Å². The third kappa shape index (κ3) is 5.27. The van der Waals surface area contributed by atoms with Gasteiger partial charge in [-0.05, 0) is 90.6 Å². The molecule has 5 rings (SSSR count). The molecule has 0 spiro atoms. The first-order valence-electron chi connectivity index (χ1n) is 13.0. The second-order valence-corrected chi connectivity index (χ2v) is 10.6. The van der Waals surface area contributed by atoms with Crippen LogP contribution in [0.3, 0.4) is 0 Å². The van der Waals surface area contributed by atoms with Crippen molar-refractivity contribution in [2.45, 2.75) is 39.5 Å². The molecule has 0 bridgehead atoms. The summed E-state index contributed by atoms with van der Waals surface area (Å²) in [7, 11) is 1.63. The quantitative estimate of drug-likeness (QED) is 0.249. The third-order valence-electron chi connectivity index (χ3n) is 7.44. The van der Waals surface area contributed by atoms with E-state index in [1.165, 1.54) is 0 Å². The Bertz CT molecular complexity index is 1610. The molecule has 40 heavy (non-hydrogen) atoms. The highest BCUT2D eigenvalue weighted by Crippen LogP contribution is 2.40. The van der Waals surface area contributed by atoms with E-state index < -0.39 is 12.1 Å². The number of nitrogens with zero attached hydrogens (tertiary/aromatic N) is 1. The number of hydrogen-bond donors (Lipinski definition) is 1. The third-order valence-corrected chi connectivity index (χ3v) is 7.68. The fourth-order valence-electron chi connectivity index (χ4n) is 5.35. The van der Waals surface area contributed by atoms with Gasteiger partial charge in [0.15, 0.2) is 0 Å². The van der Waals surface area contributed by atoms with Gasteiger partial charge in [0.1, 0.15) is 11.9 Å².